The quantitative estimate of drug-likeness (QED) is 0.262. The van der Waals surface area contributed by atoms with Gasteiger partial charge >= 0.3 is 0 Å². The van der Waals surface area contributed by atoms with Crippen molar-refractivity contribution in [2.45, 2.75) is 11.4 Å². The largest absolute Gasteiger partial charge is 0.355 e. The van der Waals surface area contributed by atoms with Gasteiger partial charge in [0.25, 0.3) is 0 Å². The molecule has 0 heterocycles. The summed E-state index contributed by atoms with van der Waals surface area (Å²) in [7, 11) is -0.0584. The summed E-state index contributed by atoms with van der Waals surface area (Å²) in [5.41, 5.74) is 0.820. The molecule has 0 aliphatic rings. The molecule has 0 aliphatic carbocycles. The van der Waals surface area contributed by atoms with Gasteiger partial charge in [0.15, 0.2) is 5.96 Å². The van der Waals surface area contributed by atoms with E-state index in [2.05, 4.69) is 15.0 Å². The summed E-state index contributed by atoms with van der Waals surface area (Å²) in [4.78, 5) is 6.22. The number of sulfonamides is 1. The van der Waals surface area contributed by atoms with Crippen molar-refractivity contribution in [3.63, 3.8) is 0 Å². The van der Waals surface area contributed by atoms with Crippen molar-refractivity contribution in [3.8, 4) is 0 Å². The molecule has 0 unspecified atom stereocenters. The van der Waals surface area contributed by atoms with Gasteiger partial charge in [-0.3, -0.25) is 4.99 Å². The van der Waals surface area contributed by atoms with E-state index in [0.717, 1.165) is 5.56 Å². The topological polar surface area (TPSA) is 73.8 Å². The molecule has 2 rings (SSSR count). The van der Waals surface area contributed by atoms with Crippen LogP contribution in [0.15, 0.2) is 64.5 Å². The Morgan fingerprint density at radius 3 is 2.44 bits per heavy atom. The summed E-state index contributed by atoms with van der Waals surface area (Å²) in [6.45, 7) is 1.06. The van der Waals surface area contributed by atoms with Crippen LogP contribution in [0.1, 0.15) is 5.56 Å². The minimum atomic E-state index is -3.52. The van der Waals surface area contributed by atoms with Gasteiger partial charge in [-0.05, 0) is 29.8 Å². The normalized spacial score (nSPS) is 11.6. The van der Waals surface area contributed by atoms with Crippen molar-refractivity contribution in [2.75, 3.05) is 27.2 Å². The van der Waals surface area contributed by atoms with Gasteiger partial charge in [0.2, 0.25) is 10.0 Å². The summed E-state index contributed by atoms with van der Waals surface area (Å²) in [5.74, 6) is 0.308. The smallest absolute Gasteiger partial charge is 0.240 e. The molecule has 2 N–H and O–H groups in total. The molecule has 0 atom stereocenters. The van der Waals surface area contributed by atoms with Crippen molar-refractivity contribution >= 4 is 40.0 Å². The molecule has 0 fully saturated rings. The van der Waals surface area contributed by atoms with Gasteiger partial charge in [0.05, 0.1) is 4.90 Å². The van der Waals surface area contributed by atoms with Crippen LogP contribution in [0.3, 0.4) is 0 Å². The number of guanidine groups is 1. The molecule has 0 saturated carbocycles. The molecule has 0 aliphatic heterocycles. The van der Waals surface area contributed by atoms with E-state index in [-0.39, 0.29) is 41.2 Å². The first-order valence-electron chi connectivity index (χ1n) is 8.13. The predicted octanol–water partition coefficient (Wildman–Crippen LogP) is 2.43. The maximum absolute atomic E-state index is 13.3. The first-order chi connectivity index (χ1) is 12.4. The molecule has 148 valence electrons. The molecule has 0 aromatic heterocycles. The summed E-state index contributed by atoms with van der Waals surface area (Å²) >= 11 is 0. The first kappa shape index (κ1) is 23.3. The molecule has 0 saturated heterocycles. The Kier molecular flexibility index (Phi) is 9.67. The van der Waals surface area contributed by atoms with Crippen molar-refractivity contribution in [1.29, 1.82) is 0 Å². The van der Waals surface area contributed by atoms with Gasteiger partial charge in [-0.15, -0.1) is 24.0 Å². The van der Waals surface area contributed by atoms with E-state index in [4.69, 9.17) is 0 Å². The number of nitrogens with zero attached hydrogens (tertiary/aromatic N) is 2. The molecule has 9 heteroatoms. The zero-order chi connectivity index (χ0) is 19.0. The van der Waals surface area contributed by atoms with E-state index >= 15 is 0 Å². The number of halogens is 2. The van der Waals surface area contributed by atoms with Gasteiger partial charge in [-0.1, -0.05) is 30.3 Å². The molecule has 27 heavy (non-hydrogen) atoms. The monoisotopic (exact) mass is 506 g/mol. The lowest BCUT2D eigenvalue weighted by Crippen LogP contribution is -2.42. The number of hydrogen-bond donors (Lipinski definition) is 2. The van der Waals surface area contributed by atoms with Crippen LogP contribution in [0.2, 0.25) is 0 Å². The molecular formula is C18H24FIN4O2S. The number of hydrogen-bond acceptors (Lipinski definition) is 3. The van der Waals surface area contributed by atoms with Crippen molar-refractivity contribution < 1.29 is 12.8 Å². The fourth-order valence-corrected chi connectivity index (χ4v) is 3.46. The van der Waals surface area contributed by atoms with E-state index in [0.29, 0.717) is 19.0 Å². The SMILES string of the molecule is CN=C(NCCNS(=O)(=O)c1ccccc1)N(C)Cc1cccc(F)c1.I. The van der Waals surface area contributed by atoms with Gasteiger partial charge in [0.1, 0.15) is 5.82 Å². The van der Waals surface area contributed by atoms with E-state index in [9.17, 15) is 12.8 Å². The summed E-state index contributed by atoms with van der Waals surface area (Å²) in [6.07, 6.45) is 0. The van der Waals surface area contributed by atoms with Gasteiger partial charge in [-0.25, -0.2) is 17.5 Å². The average Bonchev–Trinajstić information content (AvgIpc) is 2.62. The molecule has 0 radical (unpaired) electrons. The first-order valence-corrected chi connectivity index (χ1v) is 9.61. The van der Waals surface area contributed by atoms with Gasteiger partial charge < -0.3 is 10.2 Å². The highest BCUT2D eigenvalue weighted by atomic mass is 127. The van der Waals surface area contributed by atoms with E-state index in [1.165, 1.54) is 12.1 Å². The lowest BCUT2D eigenvalue weighted by atomic mass is 10.2. The lowest BCUT2D eigenvalue weighted by Gasteiger charge is -2.22. The van der Waals surface area contributed by atoms with Crippen molar-refractivity contribution in [2.24, 2.45) is 4.99 Å². The van der Waals surface area contributed by atoms with E-state index < -0.39 is 10.0 Å². The Bertz CT molecular complexity index is 847. The third kappa shape index (κ3) is 7.43. The van der Waals surface area contributed by atoms with E-state index in [1.54, 1.807) is 43.4 Å². The Morgan fingerprint density at radius 1 is 1.11 bits per heavy atom. The maximum atomic E-state index is 13.3. The fraction of sp³-hybridized carbons (Fsp3) is 0.278. The van der Waals surface area contributed by atoms with Crippen LogP contribution in [0.25, 0.3) is 0 Å². The third-order valence-corrected chi connectivity index (χ3v) is 5.11. The number of rotatable bonds is 7. The second-order valence-electron chi connectivity index (χ2n) is 5.67. The maximum Gasteiger partial charge on any atom is 0.240 e. The van der Waals surface area contributed by atoms with Crippen LogP contribution in [0.4, 0.5) is 4.39 Å². The molecule has 2 aromatic rings. The van der Waals surface area contributed by atoms with Crippen LogP contribution < -0.4 is 10.0 Å². The summed E-state index contributed by atoms with van der Waals surface area (Å²) in [5, 5.41) is 3.08. The molecule has 0 amide bonds. The molecular weight excluding hydrogens is 482 g/mol. The average molecular weight is 506 g/mol. The highest BCUT2D eigenvalue weighted by Gasteiger charge is 2.12. The fourth-order valence-electron chi connectivity index (χ4n) is 2.41. The summed E-state index contributed by atoms with van der Waals surface area (Å²) < 4.78 is 40.1. The van der Waals surface area contributed by atoms with E-state index in [1.807, 2.05) is 18.0 Å². The minimum Gasteiger partial charge on any atom is -0.355 e. The summed E-state index contributed by atoms with van der Waals surface area (Å²) in [6, 6.07) is 14.6. The van der Waals surface area contributed by atoms with Gasteiger partial charge in [0, 0.05) is 33.7 Å². The zero-order valence-corrected chi connectivity index (χ0v) is 18.4. The Hall–Kier alpha value is -1.72. The minimum absolute atomic E-state index is 0. The van der Waals surface area contributed by atoms with Gasteiger partial charge in [-0.2, -0.15) is 0 Å². The van der Waals surface area contributed by atoms with Crippen LogP contribution in [0, 0.1) is 5.82 Å². The third-order valence-electron chi connectivity index (χ3n) is 3.64. The number of benzene rings is 2. The number of aliphatic imine (C=N–C) groups is 1. The lowest BCUT2D eigenvalue weighted by molar-refractivity contribution is 0.475. The van der Waals surface area contributed by atoms with Crippen LogP contribution in [0.5, 0.6) is 0 Å². The Morgan fingerprint density at radius 2 is 1.81 bits per heavy atom. The molecule has 0 bridgehead atoms. The van der Waals surface area contributed by atoms with Crippen LogP contribution >= 0.6 is 24.0 Å². The zero-order valence-electron chi connectivity index (χ0n) is 15.2. The van der Waals surface area contributed by atoms with Crippen LogP contribution in [-0.2, 0) is 16.6 Å². The highest BCUT2D eigenvalue weighted by molar-refractivity contribution is 14.0. The second kappa shape index (κ2) is 11.2. The van der Waals surface area contributed by atoms with Crippen molar-refractivity contribution in [3.05, 3.63) is 66.0 Å². The van der Waals surface area contributed by atoms with Crippen molar-refractivity contribution in [1.82, 2.24) is 14.9 Å². The molecule has 2 aromatic carbocycles. The van der Waals surface area contributed by atoms with Crippen LogP contribution in [-0.4, -0.2) is 46.5 Å². The number of nitrogens with one attached hydrogen (secondary N) is 2. The predicted molar refractivity (Wildman–Crippen MR) is 116 cm³/mol. The standard InChI is InChI=1S/C18H23FN4O2S.HI/c1-20-18(23(2)14-15-7-6-8-16(19)13-15)21-11-12-22-26(24,25)17-9-4-3-5-10-17;/h3-10,13,22H,11-12,14H2,1-2H3,(H,20,21);1H. The Balaban J connectivity index is 0.00000364. The molecule has 0 spiro atoms. The molecule has 6 nitrogen and oxygen atoms in total. The second-order valence-corrected chi connectivity index (χ2v) is 7.44. The highest BCUT2D eigenvalue weighted by Crippen LogP contribution is 2.07. The Labute approximate surface area is 177 Å².